The van der Waals surface area contributed by atoms with Crippen molar-refractivity contribution in [3.63, 3.8) is 0 Å². The molecule has 0 saturated carbocycles. The van der Waals surface area contributed by atoms with Gasteiger partial charge in [-0.25, -0.2) is 9.18 Å². The molecule has 2 aromatic rings. The van der Waals surface area contributed by atoms with Crippen molar-refractivity contribution >= 4 is 11.4 Å². The van der Waals surface area contributed by atoms with Gasteiger partial charge in [-0.2, -0.15) is 4.98 Å². The summed E-state index contributed by atoms with van der Waals surface area (Å²) in [5, 5.41) is 10.6. The van der Waals surface area contributed by atoms with E-state index in [1.807, 2.05) is 0 Å². The highest BCUT2D eigenvalue weighted by Gasteiger charge is 2.10. The number of nitrogens with zero attached hydrogens (tertiary/aromatic N) is 3. The van der Waals surface area contributed by atoms with Gasteiger partial charge in [0.25, 0.3) is 0 Å². The highest BCUT2D eigenvalue weighted by molar-refractivity contribution is 5.41. The van der Waals surface area contributed by atoms with E-state index >= 15 is 0 Å². The zero-order valence-corrected chi connectivity index (χ0v) is 9.62. The Morgan fingerprint density at radius 3 is 2.84 bits per heavy atom. The summed E-state index contributed by atoms with van der Waals surface area (Å²) in [6.07, 6.45) is 1.94. The Kier molecular flexibility index (Phi) is 3.23. The molecule has 0 unspecified atom stereocenters. The van der Waals surface area contributed by atoms with E-state index in [0.717, 1.165) is 17.0 Å². The molecule has 19 heavy (non-hydrogen) atoms. The monoisotopic (exact) mass is 264 g/mol. The summed E-state index contributed by atoms with van der Waals surface area (Å²) in [5.74, 6) is -0.607. The molecule has 0 spiro atoms. The van der Waals surface area contributed by atoms with Gasteiger partial charge in [0, 0.05) is 0 Å². The maximum Gasteiger partial charge on any atom is 0.348 e. The molecule has 0 aliphatic heterocycles. The van der Waals surface area contributed by atoms with Gasteiger partial charge < -0.3 is 5.73 Å². The number of hydrogen-bond acceptors (Lipinski definition) is 5. The second kappa shape index (κ2) is 4.84. The van der Waals surface area contributed by atoms with Crippen LogP contribution in [0.4, 0.5) is 15.8 Å². The molecule has 0 saturated heterocycles. The third-order valence-electron chi connectivity index (χ3n) is 2.47. The number of nitrogen functional groups attached to an aromatic ring is 1. The van der Waals surface area contributed by atoms with E-state index in [-0.39, 0.29) is 17.9 Å². The fraction of sp³-hybridized carbons (Fsp3) is 0.0909. The summed E-state index contributed by atoms with van der Waals surface area (Å²) in [6.45, 7) is -0.0231. The number of halogens is 1. The molecule has 98 valence electrons. The van der Waals surface area contributed by atoms with Crippen LogP contribution < -0.4 is 11.4 Å². The molecule has 2 rings (SSSR count). The molecule has 1 aromatic carbocycles. The molecule has 1 aromatic heterocycles. The predicted molar refractivity (Wildman–Crippen MR) is 65.1 cm³/mol. The minimum atomic E-state index is -0.660. The Hall–Kier alpha value is -2.77. The van der Waals surface area contributed by atoms with Crippen LogP contribution in [0.1, 0.15) is 5.56 Å². The Morgan fingerprint density at radius 1 is 1.47 bits per heavy atom. The number of rotatable bonds is 3. The maximum atomic E-state index is 13.3. The van der Waals surface area contributed by atoms with E-state index in [2.05, 4.69) is 4.98 Å². The first kappa shape index (κ1) is 12.7. The van der Waals surface area contributed by atoms with Crippen molar-refractivity contribution in [2.45, 2.75) is 6.54 Å². The van der Waals surface area contributed by atoms with Crippen molar-refractivity contribution in [2.75, 3.05) is 5.73 Å². The summed E-state index contributed by atoms with van der Waals surface area (Å²) in [7, 11) is 0. The van der Waals surface area contributed by atoms with E-state index in [4.69, 9.17) is 5.73 Å². The van der Waals surface area contributed by atoms with Crippen LogP contribution in [0.3, 0.4) is 0 Å². The van der Waals surface area contributed by atoms with Crippen molar-refractivity contribution in [3.05, 3.63) is 62.6 Å². The molecule has 0 aliphatic rings. The Labute approximate surface area is 106 Å². The van der Waals surface area contributed by atoms with Crippen LogP contribution in [0.2, 0.25) is 0 Å². The first-order valence-corrected chi connectivity index (χ1v) is 5.22. The van der Waals surface area contributed by atoms with Crippen LogP contribution in [0, 0.1) is 15.9 Å². The molecule has 1 heterocycles. The molecule has 8 heteroatoms. The van der Waals surface area contributed by atoms with Crippen LogP contribution in [-0.4, -0.2) is 14.5 Å². The number of aromatic nitrogens is 2. The molecular weight excluding hydrogens is 255 g/mol. The van der Waals surface area contributed by atoms with Gasteiger partial charge in [-0.1, -0.05) is 6.07 Å². The van der Waals surface area contributed by atoms with E-state index in [9.17, 15) is 19.3 Å². The minimum absolute atomic E-state index is 0.00624. The first-order valence-electron chi connectivity index (χ1n) is 5.22. The van der Waals surface area contributed by atoms with Gasteiger partial charge in [0.05, 0.1) is 23.4 Å². The number of nitro groups is 1. The zero-order chi connectivity index (χ0) is 14.0. The Balaban J connectivity index is 2.37. The van der Waals surface area contributed by atoms with E-state index in [1.54, 1.807) is 0 Å². The normalized spacial score (nSPS) is 10.4. The Bertz CT molecular complexity index is 699. The fourth-order valence-electron chi connectivity index (χ4n) is 1.52. The lowest BCUT2D eigenvalue weighted by Gasteiger charge is -2.05. The summed E-state index contributed by atoms with van der Waals surface area (Å²) in [6, 6.07) is 4.06. The molecule has 7 nitrogen and oxygen atoms in total. The molecule has 0 amide bonds. The van der Waals surface area contributed by atoms with Crippen molar-refractivity contribution < 1.29 is 9.31 Å². The minimum Gasteiger partial charge on any atom is -0.396 e. The highest BCUT2D eigenvalue weighted by Crippen LogP contribution is 2.13. The van der Waals surface area contributed by atoms with Gasteiger partial charge in [-0.3, -0.25) is 14.7 Å². The number of nitrogens with two attached hydrogens (primary N) is 1. The largest absolute Gasteiger partial charge is 0.396 e. The molecule has 2 N–H and O–H groups in total. The topological polar surface area (TPSA) is 104 Å². The van der Waals surface area contributed by atoms with Gasteiger partial charge in [-0.05, 0) is 17.7 Å². The van der Waals surface area contributed by atoms with E-state index < -0.39 is 16.4 Å². The van der Waals surface area contributed by atoms with Crippen molar-refractivity contribution in [2.24, 2.45) is 0 Å². The summed E-state index contributed by atoms with van der Waals surface area (Å²) in [5.41, 5.74) is 4.82. The Morgan fingerprint density at radius 2 is 2.21 bits per heavy atom. The van der Waals surface area contributed by atoms with Crippen LogP contribution >= 0.6 is 0 Å². The van der Waals surface area contributed by atoms with Crippen LogP contribution in [0.15, 0.2) is 35.4 Å². The summed E-state index contributed by atoms with van der Waals surface area (Å²) >= 11 is 0. The molecule has 0 fully saturated rings. The molecule has 0 aliphatic carbocycles. The molecule has 0 radical (unpaired) electrons. The second-order valence-corrected chi connectivity index (χ2v) is 3.84. The van der Waals surface area contributed by atoms with Gasteiger partial charge >= 0.3 is 11.4 Å². The second-order valence-electron chi connectivity index (χ2n) is 3.84. The van der Waals surface area contributed by atoms with E-state index in [0.29, 0.717) is 5.56 Å². The maximum absolute atomic E-state index is 13.3. The summed E-state index contributed by atoms with van der Waals surface area (Å²) in [4.78, 5) is 24.8. The lowest BCUT2D eigenvalue weighted by molar-refractivity contribution is -0.385. The zero-order valence-electron chi connectivity index (χ0n) is 9.62. The number of benzene rings is 1. The quantitative estimate of drug-likeness (QED) is 0.504. The molecular formula is C11H9FN4O3. The lowest BCUT2D eigenvalue weighted by Crippen LogP contribution is -2.23. The summed E-state index contributed by atoms with van der Waals surface area (Å²) < 4.78 is 14.3. The lowest BCUT2D eigenvalue weighted by atomic mass is 10.2. The van der Waals surface area contributed by atoms with Crippen LogP contribution in [-0.2, 0) is 6.54 Å². The van der Waals surface area contributed by atoms with Gasteiger partial charge in [0.15, 0.2) is 0 Å². The van der Waals surface area contributed by atoms with Crippen LogP contribution in [0.25, 0.3) is 0 Å². The van der Waals surface area contributed by atoms with Crippen molar-refractivity contribution in [1.29, 1.82) is 0 Å². The smallest absolute Gasteiger partial charge is 0.348 e. The van der Waals surface area contributed by atoms with Gasteiger partial charge in [0.2, 0.25) is 0 Å². The fourth-order valence-corrected chi connectivity index (χ4v) is 1.52. The SMILES string of the molecule is Nc1ccc(Cn2cc([N+](=O)[O-])cnc2=O)cc1F. The van der Waals surface area contributed by atoms with Gasteiger partial charge in [-0.15, -0.1) is 0 Å². The molecule has 0 atom stereocenters. The number of hydrogen-bond donors (Lipinski definition) is 1. The molecule has 0 bridgehead atoms. The van der Waals surface area contributed by atoms with Crippen molar-refractivity contribution in [1.82, 2.24) is 9.55 Å². The first-order chi connectivity index (χ1) is 8.97. The standard InChI is InChI=1S/C11H9FN4O3/c12-9-3-7(1-2-10(9)13)5-15-6-8(16(18)19)4-14-11(15)17/h1-4,6H,5,13H2. The predicted octanol–water partition coefficient (Wildman–Crippen LogP) is 0.921. The number of anilines is 1. The van der Waals surface area contributed by atoms with Crippen LogP contribution in [0.5, 0.6) is 0 Å². The van der Waals surface area contributed by atoms with Crippen molar-refractivity contribution in [3.8, 4) is 0 Å². The average molecular weight is 264 g/mol. The highest BCUT2D eigenvalue weighted by atomic mass is 19.1. The third kappa shape index (κ3) is 2.73. The average Bonchev–Trinajstić information content (AvgIpc) is 2.36. The van der Waals surface area contributed by atoms with Gasteiger partial charge in [0.1, 0.15) is 12.0 Å². The van der Waals surface area contributed by atoms with E-state index in [1.165, 1.54) is 18.2 Å². The third-order valence-corrected chi connectivity index (χ3v) is 2.47.